The maximum atomic E-state index is 12.3. The van der Waals surface area contributed by atoms with E-state index in [2.05, 4.69) is 84.7 Å². The molecule has 0 fully saturated rings. The lowest BCUT2D eigenvalue weighted by Crippen LogP contribution is -2.28. The third-order valence-corrected chi connectivity index (χ3v) is 10.6. The lowest BCUT2D eigenvalue weighted by Gasteiger charge is -2.24. The molecule has 3 heteroatoms. The van der Waals surface area contributed by atoms with Crippen molar-refractivity contribution >= 4 is 5.97 Å². The summed E-state index contributed by atoms with van der Waals surface area (Å²) >= 11 is 0. The van der Waals surface area contributed by atoms with Crippen molar-refractivity contribution in [3.63, 3.8) is 0 Å². The summed E-state index contributed by atoms with van der Waals surface area (Å²) in [5, 5.41) is 0. The Kier molecular flexibility index (Phi) is 33.6. The zero-order valence-electron chi connectivity index (χ0n) is 34.1. The second-order valence-corrected chi connectivity index (χ2v) is 16.3. The molecule has 0 saturated heterocycles. The Balaban J connectivity index is 4.01. The molecule has 0 amide bonds. The Bertz CT molecular complexity index is 739. The molecular weight excluding hydrogens is 587 g/mol. The molecule has 0 aromatic rings. The first-order valence-corrected chi connectivity index (χ1v) is 21.3. The minimum absolute atomic E-state index is 0.0132. The van der Waals surface area contributed by atoms with Crippen molar-refractivity contribution in [2.45, 2.75) is 215 Å². The largest absolute Gasteiger partial charge is 0.465 e. The van der Waals surface area contributed by atoms with E-state index in [4.69, 9.17) is 4.74 Å². The van der Waals surface area contributed by atoms with E-state index in [1.54, 1.807) is 0 Å². The standard InChI is InChI=1S/C45H87NO2/c1-9-10-11-12-13-14-15-16-17-18-19-20-21-22-23-26-29-32-43(37-38-46(8)42(6)7)33-30-27-24-25-28-31-34-45(47)48-39-44(41(4)5)36-35-40(2)3/h13-14,16-17,40-44H,9-12,15,18-39H2,1-8H3/b14-13-,17-16-. The van der Waals surface area contributed by atoms with Crippen LogP contribution in [0, 0.1) is 23.7 Å². The second-order valence-electron chi connectivity index (χ2n) is 16.3. The van der Waals surface area contributed by atoms with Crippen LogP contribution in [0.4, 0.5) is 0 Å². The summed E-state index contributed by atoms with van der Waals surface area (Å²) < 4.78 is 5.67. The number of rotatable bonds is 35. The van der Waals surface area contributed by atoms with Gasteiger partial charge in [-0.3, -0.25) is 4.79 Å². The van der Waals surface area contributed by atoms with Crippen LogP contribution >= 0.6 is 0 Å². The molecule has 0 saturated carbocycles. The van der Waals surface area contributed by atoms with Crippen LogP contribution in [-0.4, -0.2) is 37.1 Å². The Hall–Kier alpha value is -1.09. The Labute approximate surface area is 302 Å². The minimum Gasteiger partial charge on any atom is -0.465 e. The fourth-order valence-corrected chi connectivity index (χ4v) is 6.51. The van der Waals surface area contributed by atoms with Gasteiger partial charge in [-0.15, -0.1) is 0 Å². The number of nitrogens with zero attached hydrogens (tertiary/aromatic N) is 1. The van der Waals surface area contributed by atoms with Crippen molar-refractivity contribution in [1.29, 1.82) is 0 Å². The van der Waals surface area contributed by atoms with Gasteiger partial charge >= 0.3 is 5.97 Å². The van der Waals surface area contributed by atoms with Crippen molar-refractivity contribution in [1.82, 2.24) is 4.90 Å². The van der Waals surface area contributed by atoms with Gasteiger partial charge in [-0.2, -0.15) is 0 Å². The molecule has 3 nitrogen and oxygen atoms in total. The number of hydrogen-bond acceptors (Lipinski definition) is 3. The molecule has 0 aliphatic rings. The maximum absolute atomic E-state index is 12.3. The SMILES string of the molecule is CCCCC/C=C\C/C=C\CCCCCCCCCC(CCCCCCCCC(=O)OCC(CCC(C)C)C(C)C)CCN(C)C(C)C. The van der Waals surface area contributed by atoms with Crippen LogP contribution in [0.15, 0.2) is 24.3 Å². The molecule has 284 valence electrons. The number of hydrogen-bond donors (Lipinski definition) is 0. The molecule has 0 aromatic heterocycles. The summed E-state index contributed by atoms with van der Waals surface area (Å²) in [5.41, 5.74) is 0. The number of carbonyl (C=O) groups excluding carboxylic acids is 1. The van der Waals surface area contributed by atoms with Crippen molar-refractivity contribution < 1.29 is 9.53 Å². The van der Waals surface area contributed by atoms with Crippen LogP contribution in [0.2, 0.25) is 0 Å². The highest BCUT2D eigenvalue weighted by molar-refractivity contribution is 5.69. The summed E-state index contributed by atoms with van der Waals surface area (Å²) in [6, 6.07) is 0.636. The molecule has 0 spiro atoms. The van der Waals surface area contributed by atoms with E-state index >= 15 is 0 Å². The monoisotopic (exact) mass is 674 g/mol. The van der Waals surface area contributed by atoms with E-state index in [1.165, 1.54) is 135 Å². The summed E-state index contributed by atoms with van der Waals surface area (Å²) in [4.78, 5) is 14.8. The van der Waals surface area contributed by atoms with Gasteiger partial charge in [0.15, 0.2) is 0 Å². The highest BCUT2D eigenvalue weighted by atomic mass is 16.5. The van der Waals surface area contributed by atoms with Crippen LogP contribution in [-0.2, 0) is 9.53 Å². The van der Waals surface area contributed by atoms with Gasteiger partial charge in [-0.05, 0) is 102 Å². The Morgan fingerprint density at radius 1 is 0.604 bits per heavy atom. The fraction of sp³-hybridized carbons (Fsp3) is 0.889. The van der Waals surface area contributed by atoms with Crippen LogP contribution in [0.3, 0.4) is 0 Å². The van der Waals surface area contributed by atoms with E-state index in [-0.39, 0.29) is 5.97 Å². The third-order valence-electron chi connectivity index (χ3n) is 10.6. The number of esters is 1. The molecule has 0 N–H and O–H groups in total. The van der Waals surface area contributed by atoms with Gasteiger partial charge in [-0.1, -0.05) is 162 Å². The quantitative estimate of drug-likeness (QED) is 0.0381. The molecule has 2 atom stereocenters. The number of carbonyl (C=O) groups is 1. The summed E-state index contributed by atoms with van der Waals surface area (Å²) in [7, 11) is 2.29. The van der Waals surface area contributed by atoms with Crippen molar-refractivity contribution in [2.24, 2.45) is 23.7 Å². The lowest BCUT2D eigenvalue weighted by molar-refractivity contribution is -0.145. The lowest BCUT2D eigenvalue weighted by atomic mass is 9.89. The van der Waals surface area contributed by atoms with Gasteiger partial charge in [-0.25, -0.2) is 0 Å². The van der Waals surface area contributed by atoms with Crippen molar-refractivity contribution in [2.75, 3.05) is 20.2 Å². The predicted molar refractivity (Wildman–Crippen MR) is 215 cm³/mol. The van der Waals surface area contributed by atoms with Gasteiger partial charge in [0.05, 0.1) is 6.61 Å². The van der Waals surface area contributed by atoms with Gasteiger partial charge in [0, 0.05) is 12.5 Å². The fourth-order valence-electron chi connectivity index (χ4n) is 6.51. The average molecular weight is 674 g/mol. The smallest absolute Gasteiger partial charge is 0.305 e. The summed E-state index contributed by atoms with van der Waals surface area (Å²) in [6.07, 6.45) is 41.4. The topological polar surface area (TPSA) is 29.5 Å². The van der Waals surface area contributed by atoms with Gasteiger partial charge < -0.3 is 9.64 Å². The average Bonchev–Trinajstić information content (AvgIpc) is 3.05. The molecule has 0 aliphatic carbocycles. The van der Waals surface area contributed by atoms with Crippen molar-refractivity contribution in [3.8, 4) is 0 Å². The first-order valence-electron chi connectivity index (χ1n) is 21.3. The van der Waals surface area contributed by atoms with Gasteiger partial charge in [0.25, 0.3) is 0 Å². The highest BCUT2D eigenvalue weighted by Crippen LogP contribution is 2.24. The van der Waals surface area contributed by atoms with Crippen LogP contribution < -0.4 is 0 Å². The molecule has 0 heterocycles. The molecule has 0 radical (unpaired) electrons. The number of allylic oxidation sites excluding steroid dienone is 4. The molecular formula is C45H87NO2. The van der Waals surface area contributed by atoms with E-state index < -0.39 is 0 Å². The second kappa shape index (κ2) is 34.4. The summed E-state index contributed by atoms with van der Waals surface area (Å²) in [6.45, 7) is 17.8. The Morgan fingerprint density at radius 2 is 1.12 bits per heavy atom. The first kappa shape index (κ1) is 46.9. The molecule has 48 heavy (non-hydrogen) atoms. The minimum atomic E-state index is 0.0132. The normalized spacial score (nSPS) is 13.7. The van der Waals surface area contributed by atoms with Gasteiger partial charge in [0.2, 0.25) is 0 Å². The molecule has 0 rings (SSSR count). The van der Waals surface area contributed by atoms with E-state index in [9.17, 15) is 4.79 Å². The van der Waals surface area contributed by atoms with E-state index in [0.29, 0.717) is 36.8 Å². The Morgan fingerprint density at radius 3 is 1.65 bits per heavy atom. The molecule has 0 aliphatic heterocycles. The zero-order valence-corrected chi connectivity index (χ0v) is 34.1. The van der Waals surface area contributed by atoms with Crippen molar-refractivity contribution in [3.05, 3.63) is 24.3 Å². The predicted octanol–water partition coefficient (Wildman–Crippen LogP) is 14.3. The molecule has 0 bridgehead atoms. The van der Waals surface area contributed by atoms with E-state index in [1.807, 2.05) is 0 Å². The molecule has 2 unspecified atom stereocenters. The van der Waals surface area contributed by atoms with E-state index in [0.717, 1.165) is 31.6 Å². The maximum Gasteiger partial charge on any atom is 0.305 e. The summed E-state index contributed by atoms with van der Waals surface area (Å²) in [5.74, 6) is 2.68. The van der Waals surface area contributed by atoms with Crippen LogP contribution in [0.1, 0.15) is 209 Å². The highest BCUT2D eigenvalue weighted by Gasteiger charge is 2.16. The third kappa shape index (κ3) is 32.1. The zero-order chi connectivity index (χ0) is 35.7. The number of unbranched alkanes of at least 4 members (excludes halogenated alkanes) is 15. The van der Waals surface area contributed by atoms with Gasteiger partial charge in [0.1, 0.15) is 0 Å². The van der Waals surface area contributed by atoms with Crippen LogP contribution in [0.5, 0.6) is 0 Å². The first-order chi connectivity index (χ1) is 23.2. The number of ether oxygens (including phenoxy) is 1. The molecule has 0 aromatic carbocycles. The van der Waals surface area contributed by atoms with Crippen LogP contribution in [0.25, 0.3) is 0 Å².